The van der Waals surface area contributed by atoms with E-state index in [1.165, 1.54) is 0 Å². The van der Waals surface area contributed by atoms with E-state index >= 15 is 0 Å². The number of rotatable bonds is 8. The summed E-state index contributed by atoms with van der Waals surface area (Å²) in [5.74, 6) is -1.15. The Morgan fingerprint density at radius 3 is 2.36 bits per heavy atom. The number of alkyl carbamates (subject to hydrolysis) is 1. The molecule has 1 unspecified atom stereocenters. The van der Waals surface area contributed by atoms with E-state index in [9.17, 15) is 18.0 Å². The van der Waals surface area contributed by atoms with Gasteiger partial charge in [0, 0.05) is 6.42 Å². The van der Waals surface area contributed by atoms with Crippen LogP contribution in [0, 0.1) is 5.92 Å². The number of benzene rings is 1. The van der Waals surface area contributed by atoms with E-state index < -0.39 is 34.8 Å². The van der Waals surface area contributed by atoms with Gasteiger partial charge in [-0.05, 0) is 70.6 Å². The predicted molar refractivity (Wildman–Crippen MR) is 143 cm³/mol. The highest BCUT2D eigenvalue weighted by Gasteiger charge is 2.42. The Morgan fingerprint density at radius 2 is 1.77 bits per heavy atom. The summed E-state index contributed by atoms with van der Waals surface area (Å²) in [7, 11) is 0. The topological polar surface area (TPSA) is 66.0 Å². The van der Waals surface area contributed by atoms with Gasteiger partial charge in [0.05, 0.1) is 25.4 Å². The first kappa shape index (κ1) is 30.8. The molecule has 1 aliphatic heterocycles. The fourth-order valence-corrected chi connectivity index (χ4v) is 4.26. The van der Waals surface area contributed by atoms with Gasteiger partial charge in [-0.15, -0.1) is 0 Å². The molecule has 1 aromatic carbocycles. The molecule has 216 valence electrons. The number of amides is 1. The van der Waals surface area contributed by atoms with Crippen molar-refractivity contribution >= 4 is 6.09 Å². The zero-order chi connectivity index (χ0) is 28.9. The number of carbonyl (C=O) groups is 1. The molecule has 1 heterocycles. The van der Waals surface area contributed by atoms with Gasteiger partial charge < -0.3 is 24.3 Å². The third-order valence-corrected chi connectivity index (χ3v) is 6.41. The van der Waals surface area contributed by atoms with Crippen molar-refractivity contribution in [2.45, 2.75) is 83.9 Å². The Kier molecular flexibility index (Phi) is 9.60. The molecule has 2 aliphatic rings. The Balaban J connectivity index is 1.79. The molecule has 0 spiro atoms. The zero-order valence-corrected chi connectivity index (χ0v) is 23.6. The summed E-state index contributed by atoms with van der Waals surface area (Å²) in [6.07, 6.45) is 0.573. The monoisotopic (exact) mass is 551 g/mol. The summed E-state index contributed by atoms with van der Waals surface area (Å²) >= 11 is 0. The normalized spacial score (nSPS) is 21.5. The SMILES string of the molecule is CC1CC(OCCCc2ccccc2)=C(C(F)(F)F)C=C1/C=C/C1(NC(=O)OC(C)(C)C)COC(C)(C)OC1. The maximum atomic E-state index is 14.0. The van der Waals surface area contributed by atoms with Crippen LogP contribution in [0.3, 0.4) is 0 Å². The molecule has 0 radical (unpaired) electrons. The number of hydrogen-bond donors (Lipinski definition) is 1. The molecular weight excluding hydrogens is 511 g/mol. The standard InChI is InChI=1S/C30H40F3NO5/c1-21-17-25(36-16-10-13-22-11-8-7-9-12-22)24(30(31,32)33)18-23(21)14-15-29(19-37-28(5,6)38-20-29)34-26(35)39-27(2,3)4/h7-9,11-12,14-15,18,21H,10,13,16-17,19-20H2,1-6H3,(H,34,35)/b15-14+. The van der Waals surface area contributed by atoms with Crippen LogP contribution in [0.2, 0.25) is 0 Å². The maximum Gasteiger partial charge on any atom is 0.419 e. The molecule has 3 rings (SSSR count). The van der Waals surface area contributed by atoms with Crippen molar-refractivity contribution in [3.8, 4) is 0 Å². The molecule has 0 saturated carbocycles. The minimum atomic E-state index is -4.57. The number of carbonyl (C=O) groups excluding carboxylic acids is 1. The summed E-state index contributed by atoms with van der Waals surface area (Å²) in [5.41, 5.74) is -1.05. The molecule has 0 bridgehead atoms. The van der Waals surface area contributed by atoms with Gasteiger partial charge in [-0.2, -0.15) is 13.2 Å². The first-order valence-corrected chi connectivity index (χ1v) is 13.2. The molecule has 1 atom stereocenters. The van der Waals surface area contributed by atoms with Gasteiger partial charge in [-0.25, -0.2) is 4.79 Å². The van der Waals surface area contributed by atoms with Crippen molar-refractivity contribution in [2.75, 3.05) is 19.8 Å². The van der Waals surface area contributed by atoms with Crippen LogP contribution in [0.5, 0.6) is 0 Å². The van der Waals surface area contributed by atoms with Crippen molar-refractivity contribution in [2.24, 2.45) is 5.92 Å². The second-order valence-corrected chi connectivity index (χ2v) is 11.6. The molecule has 1 fully saturated rings. The van der Waals surface area contributed by atoms with Crippen LogP contribution < -0.4 is 5.32 Å². The third-order valence-electron chi connectivity index (χ3n) is 6.41. The number of allylic oxidation sites excluding steroid dienone is 5. The van der Waals surface area contributed by atoms with E-state index in [0.717, 1.165) is 18.1 Å². The highest BCUT2D eigenvalue weighted by Crippen LogP contribution is 2.39. The minimum absolute atomic E-state index is 0.0483. The van der Waals surface area contributed by atoms with Gasteiger partial charge in [0.2, 0.25) is 0 Å². The summed E-state index contributed by atoms with van der Waals surface area (Å²) in [6, 6.07) is 9.76. The number of aryl methyl sites for hydroxylation is 1. The van der Waals surface area contributed by atoms with Crippen LogP contribution in [0.15, 0.2) is 65.5 Å². The van der Waals surface area contributed by atoms with Gasteiger partial charge in [-0.3, -0.25) is 0 Å². The molecule has 6 nitrogen and oxygen atoms in total. The second-order valence-electron chi connectivity index (χ2n) is 11.6. The van der Waals surface area contributed by atoms with Crippen molar-refractivity contribution in [3.05, 3.63) is 71.0 Å². The average molecular weight is 552 g/mol. The summed E-state index contributed by atoms with van der Waals surface area (Å²) in [5, 5.41) is 2.80. The van der Waals surface area contributed by atoms with Crippen molar-refractivity contribution in [1.82, 2.24) is 5.32 Å². The fourth-order valence-electron chi connectivity index (χ4n) is 4.26. The fraction of sp³-hybridized carbons (Fsp3) is 0.567. The number of halogens is 3. The lowest BCUT2D eigenvalue weighted by Gasteiger charge is -2.42. The van der Waals surface area contributed by atoms with Crippen molar-refractivity contribution in [3.63, 3.8) is 0 Å². The molecule has 1 N–H and O–H groups in total. The maximum absolute atomic E-state index is 14.0. The lowest BCUT2D eigenvalue weighted by Crippen LogP contribution is -2.60. The number of alkyl halides is 3. The van der Waals surface area contributed by atoms with Crippen molar-refractivity contribution in [1.29, 1.82) is 0 Å². The molecule has 1 aliphatic carbocycles. The zero-order valence-electron chi connectivity index (χ0n) is 23.6. The lowest BCUT2D eigenvalue weighted by atomic mass is 9.86. The number of hydrogen-bond acceptors (Lipinski definition) is 5. The Hall–Kier alpha value is -2.78. The first-order valence-electron chi connectivity index (χ1n) is 13.2. The van der Waals surface area contributed by atoms with Gasteiger partial charge in [0.1, 0.15) is 16.9 Å². The van der Waals surface area contributed by atoms with E-state index in [-0.39, 0.29) is 37.9 Å². The number of nitrogens with one attached hydrogen (secondary N) is 1. The van der Waals surface area contributed by atoms with Crippen molar-refractivity contribution < 1.29 is 36.9 Å². The quantitative estimate of drug-likeness (QED) is 0.352. The number of ether oxygens (including phenoxy) is 4. The molecule has 1 saturated heterocycles. The Bertz CT molecular complexity index is 1070. The summed E-state index contributed by atoms with van der Waals surface area (Å²) < 4.78 is 64.7. The van der Waals surface area contributed by atoms with Gasteiger partial charge in [0.25, 0.3) is 0 Å². The highest BCUT2D eigenvalue weighted by atomic mass is 19.4. The molecule has 1 amide bonds. The van der Waals surface area contributed by atoms with Crippen LogP contribution >= 0.6 is 0 Å². The Labute approximate surface area is 229 Å². The molecule has 39 heavy (non-hydrogen) atoms. The van der Waals surface area contributed by atoms with Crippen LogP contribution in [-0.2, 0) is 25.4 Å². The minimum Gasteiger partial charge on any atom is -0.497 e. The second kappa shape index (κ2) is 12.2. The van der Waals surface area contributed by atoms with Crippen LogP contribution in [0.4, 0.5) is 18.0 Å². The third kappa shape index (κ3) is 9.42. The highest BCUT2D eigenvalue weighted by molar-refractivity contribution is 5.69. The predicted octanol–water partition coefficient (Wildman–Crippen LogP) is 7.02. The van der Waals surface area contributed by atoms with Crippen LogP contribution in [-0.4, -0.2) is 49.0 Å². The first-order chi connectivity index (χ1) is 18.1. The van der Waals surface area contributed by atoms with Crippen LogP contribution in [0.1, 0.15) is 59.9 Å². The van der Waals surface area contributed by atoms with Gasteiger partial charge >= 0.3 is 12.3 Å². The Morgan fingerprint density at radius 1 is 1.13 bits per heavy atom. The van der Waals surface area contributed by atoms with Gasteiger partial charge in [0.15, 0.2) is 5.79 Å². The summed E-state index contributed by atoms with van der Waals surface area (Å²) in [4.78, 5) is 12.6. The van der Waals surface area contributed by atoms with E-state index in [2.05, 4.69) is 5.32 Å². The van der Waals surface area contributed by atoms with E-state index in [0.29, 0.717) is 12.0 Å². The average Bonchev–Trinajstić information content (AvgIpc) is 2.82. The van der Waals surface area contributed by atoms with Gasteiger partial charge in [-0.1, -0.05) is 49.4 Å². The molecule has 9 heteroatoms. The largest absolute Gasteiger partial charge is 0.497 e. The lowest BCUT2D eigenvalue weighted by molar-refractivity contribution is -0.263. The smallest absolute Gasteiger partial charge is 0.419 e. The molecule has 1 aromatic rings. The van der Waals surface area contributed by atoms with E-state index in [1.807, 2.05) is 37.3 Å². The van der Waals surface area contributed by atoms with Crippen LogP contribution in [0.25, 0.3) is 0 Å². The van der Waals surface area contributed by atoms with E-state index in [1.54, 1.807) is 46.8 Å². The molecule has 0 aromatic heterocycles. The van der Waals surface area contributed by atoms with E-state index in [4.69, 9.17) is 18.9 Å². The molecular formula is C30H40F3NO5. The summed E-state index contributed by atoms with van der Waals surface area (Å²) in [6.45, 7) is 10.9.